The van der Waals surface area contributed by atoms with Gasteiger partial charge in [-0.2, -0.15) is 0 Å². The molecule has 1 rings (SSSR count). The van der Waals surface area contributed by atoms with E-state index in [0.717, 1.165) is 6.07 Å². The van der Waals surface area contributed by atoms with Gasteiger partial charge in [0.2, 0.25) is 5.75 Å². The molecule has 3 N–H and O–H groups in total. The molecule has 80 valence electrons. The number of amides is 1. The van der Waals surface area contributed by atoms with Gasteiger partial charge in [0.1, 0.15) is 5.56 Å². The maximum absolute atomic E-state index is 10.9. The van der Waals surface area contributed by atoms with Crippen LogP contribution < -0.4 is 5.73 Å². The minimum Gasteiger partial charge on any atom is -0.501 e. The molecule has 0 bridgehead atoms. The van der Waals surface area contributed by atoms with Crippen molar-refractivity contribution in [1.82, 2.24) is 0 Å². The van der Waals surface area contributed by atoms with Crippen LogP contribution in [-0.2, 0) is 0 Å². The Bertz CT molecular complexity index is 461. The number of hydrogen-bond donors (Lipinski definition) is 2. The van der Waals surface area contributed by atoms with Crippen LogP contribution in [0.3, 0.4) is 0 Å². The third kappa shape index (κ3) is 1.95. The SMILES string of the molecule is NC(=O)c1c(Cl)cc(Cl)c(O)c1[N+](=O)[O-]. The average Bonchev–Trinajstić information content (AvgIpc) is 2.09. The van der Waals surface area contributed by atoms with Gasteiger partial charge in [0.25, 0.3) is 5.91 Å². The van der Waals surface area contributed by atoms with Crippen molar-refractivity contribution in [2.24, 2.45) is 5.73 Å². The highest BCUT2D eigenvalue weighted by Gasteiger charge is 2.28. The number of hydrogen-bond acceptors (Lipinski definition) is 4. The molecule has 0 aliphatic carbocycles. The van der Waals surface area contributed by atoms with E-state index < -0.39 is 27.8 Å². The molecule has 8 heteroatoms. The zero-order valence-corrected chi connectivity index (χ0v) is 8.54. The highest BCUT2D eigenvalue weighted by Crippen LogP contribution is 2.40. The molecule has 6 nitrogen and oxygen atoms in total. The summed E-state index contributed by atoms with van der Waals surface area (Å²) in [5.41, 5.74) is 3.44. The number of nitro groups is 1. The van der Waals surface area contributed by atoms with Crippen molar-refractivity contribution in [3.8, 4) is 5.75 Å². The molecule has 0 aromatic heterocycles. The molecule has 1 aromatic carbocycles. The predicted molar refractivity (Wildman–Crippen MR) is 53.3 cm³/mol. The number of phenols is 1. The highest BCUT2D eigenvalue weighted by molar-refractivity contribution is 6.38. The summed E-state index contributed by atoms with van der Waals surface area (Å²) in [6.45, 7) is 0. The van der Waals surface area contributed by atoms with Gasteiger partial charge < -0.3 is 10.8 Å². The van der Waals surface area contributed by atoms with Crippen LogP contribution in [0.15, 0.2) is 6.07 Å². The lowest BCUT2D eigenvalue weighted by Crippen LogP contribution is -2.14. The summed E-state index contributed by atoms with van der Waals surface area (Å²) in [5, 5.41) is 19.3. The molecule has 0 radical (unpaired) electrons. The van der Waals surface area contributed by atoms with Gasteiger partial charge in [0, 0.05) is 0 Å². The zero-order valence-electron chi connectivity index (χ0n) is 7.03. The van der Waals surface area contributed by atoms with E-state index in [9.17, 15) is 20.0 Å². The van der Waals surface area contributed by atoms with E-state index in [-0.39, 0.29) is 10.0 Å². The van der Waals surface area contributed by atoms with Gasteiger partial charge in [-0.1, -0.05) is 23.2 Å². The number of nitro benzene ring substituents is 1. The first-order valence-electron chi connectivity index (χ1n) is 3.51. The van der Waals surface area contributed by atoms with Gasteiger partial charge in [-0.15, -0.1) is 0 Å². The number of rotatable bonds is 2. The van der Waals surface area contributed by atoms with Crippen molar-refractivity contribution in [2.75, 3.05) is 0 Å². The molecular weight excluding hydrogens is 247 g/mol. The summed E-state index contributed by atoms with van der Waals surface area (Å²) in [7, 11) is 0. The summed E-state index contributed by atoms with van der Waals surface area (Å²) in [5.74, 6) is -1.95. The third-order valence-corrected chi connectivity index (χ3v) is 2.19. The second-order valence-electron chi connectivity index (χ2n) is 2.53. The van der Waals surface area contributed by atoms with E-state index in [4.69, 9.17) is 28.9 Å². The Morgan fingerprint density at radius 1 is 1.47 bits per heavy atom. The van der Waals surface area contributed by atoms with Crippen molar-refractivity contribution < 1.29 is 14.8 Å². The van der Waals surface area contributed by atoms with E-state index >= 15 is 0 Å². The molecule has 0 saturated heterocycles. The fourth-order valence-electron chi connectivity index (χ4n) is 1.01. The lowest BCUT2D eigenvalue weighted by molar-refractivity contribution is -0.386. The van der Waals surface area contributed by atoms with E-state index in [2.05, 4.69) is 0 Å². The van der Waals surface area contributed by atoms with Gasteiger partial charge in [-0.25, -0.2) is 0 Å². The standard InChI is InChI=1S/C7H4Cl2N2O4/c8-2-1-3(9)6(12)5(11(14)15)4(2)7(10)13/h1,12H,(H2,10,13). The molecule has 0 heterocycles. The van der Waals surface area contributed by atoms with E-state index in [1.165, 1.54) is 0 Å². The van der Waals surface area contributed by atoms with Crippen LogP contribution in [0.4, 0.5) is 5.69 Å². The van der Waals surface area contributed by atoms with Crippen LogP contribution in [0.1, 0.15) is 10.4 Å². The number of nitrogens with two attached hydrogens (primary N) is 1. The maximum atomic E-state index is 10.9. The summed E-state index contributed by atoms with van der Waals surface area (Å²) in [6.07, 6.45) is 0. The molecule has 15 heavy (non-hydrogen) atoms. The summed E-state index contributed by atoms with van der Waals surface area (Å²) in [6, 6.07) is 1.01. The van der Waals surface area contributed by atoms with Crippen molar-refractivity contribution in [3.05, 3.63) is 31.8 Å². The second-order valence-corrected chi connectivity index (χ2v) is 3.35. The van der Waals surface area contributed by atoms with Gasteiger partial charge in [0.05, 0.1) is 15.0 Å². The third-order valence-electron chi connectivity index (χ3n) is 1.61. The monoisotopic (exact) mass is 250 g/mol. The van der Waals surface area contributed by atoms with Gasteiger partial charge >= 0.3 is 5.69 Å². The number of carbonyl (C=O) groups is 1. The normalized spacial score (nSPS) is 10.0. The molecule has 0 aliphatic heterocycles. The Hall–Kier alpha value is -1.53. The Balaban J connectivity index is 3.69. The Labute approximate surface area is 93.4 Å². The van der Waals surface area contributed by atoms with E-state index in [0.29, 0.717) is 0 Å². The topological polar surface area (TPSA) is 106 Å². The lowest BCUT2D eigenvalue weighted by Gasteiger charge is -2.04. The van der Waals surface area contributed by atoms with Crippen LogP contribution in [-0.4, -0.2) is 15.9 Å². The summed E-state index contributed by atoms with van der Waals surface area (Å²) in [4.78, 5) is 20.5. The van der Waals surface area contributed by atoms with Crippen molar-refractivity contribution >= 4 is 34.8 Å². The number of phenolic OH excluding ortho intramolecular Hbond substituents is 1. The number of benzene rings is 1. The summed E-state index contributed by atoms with van der Waals surface area (Å²) < 4.78 is 0. The van der Waals surface area contributed by atoms with Crippen molar-refractivity contribution in [1.29, 1.82) is 0 Å². The van der Waals surface area contributed by atoms with Gasteiger partial charge in [-0.05, 0) is 6.07 Å². The Morgan fingerprint density at radius 2 is 2.00 bits per heavy atom. The zero-order chi connectivity index (χ0) is 11.7. The number of carbonyl (C=O) groups excluding carboxylic acids is 1. The number of primary amides is 1. The summed E-state index contributed by atoms with van der Waals surface area (Å²) >= 11 is 11.0. The predicted octanol–water partition coefficient (Wildman–Crippen LogP) is 1.71. The molecule has 0 saturated carbocycles. The minimum atomic E-state index is -1.11. The van der Waals surface area contributed by atoms with Crippen molar-refractivity contribution in [3.63, 3.8) is 0 Å². The number of aromatic hydroxyl groups is 1. The van der Waals surface area contributed by atoms with Gasteiger partial charge in [0.15, 0.2) is 0 Å². The number of nitrogens with zero attached hydrogens (tertiary/aromatic N) is 1. The van der Waals surface area contributed by atoms with Crippen LogP contribution in [0.2, 0.25) is 10.0 Å². The van der Waals surface area contributed by atoms with Crippen LogP contribution in [0.25, 0.3) is 0 Å². The van der Waals surface area contributed by atoms with Gasteiger partial charge in [-0.3, -0.25) is 14.9 Å². The fraction of sp³-hybridized carbons (Fsp3) is 0. The number of halogens is 2. The van der Waals surface area contributed by atoms with Crippen molar-refractivity contribution in [2.45, 2.75) is 0 Å². The van der Waals surface area contributed by atoms with E-state index in [1.807, 2.05) is 0 Å². The second kappa shape index (κ2) is 3.92. The first kappa shape index (κ1) is 11.5. The Morgan fingerprint density at radius 3 is 2.40 bits per heavy atom. The molecule has 0 fully saturated rings. The van der Waals surface area contributed by atoms with Crippen LogP contribution in [0, 0.1) is 10.1 Å². The Kier molecular flexibility index (Phi) is 3.01. The minimum absolute atomic E-state index is 0.281. The molecule has 0 atom stereocenters. The fourth-order valence-corrected chi connectivity index (χ4v) is 1.55. The molecule has 0 aliphatic rings. The highest BCUT2D eigenvalue weighted by atomic mass is 35.5. The molecule has 0 spiro atoms. The van der Waals surface area contributed by atoms with E-state index in [1.54, 1.807) is 0 Å². The van der Waals surface area contributed by atoms with Crippen LogP contribution >= 0.6 is 23.2 Å². The maximum Gasteiger partial charge on any atom is 0.326 e. The molecule has 0 unspecified atom stereocenters. The smallest absolute Gasteiger partial charge is 0.326 e. The largest absolute Gasteiger partial charge is 0.501 e. The first-order chi connectivity index (χ1) is 6.86. The quantitative estimate of drug-likeness (QED) is 0.616. The average molecular weight is 251 g/mol. The molecular formula is C7H4Cl2N2O4. The van der Waals surface area contributed by atoms with Crippen LogP contribution in [0.5, 0.6) is 5.75 Å². The molecule has 1 aromatic rings. The lowest BCUT2D eigenvalue weighted by atomic mass is 10.1. The first-order valence-corrected chi connectivity index (χ1v) is 4.27. The molecule has 1 amide bonds.